The number of aryl methyl sites for hydroxylation is 2. The van der Waals surface area contributed by atoms with Crippen LogP contribution in [0.15, 0.2) is 18.2 Å². The molecule has 0 aromatic heterocycles. The number of hydrogen-bond acceptors (Lipinski definition) is 1. The minimum atomic E-state index is 0.286. The van der Waals surface area contributed by atoms with Crippen molar-refractivity contribution in [3.63, 3.8) is 0 Å². The molecule has 1 aromatic rings. The van der Waals surface area contributed by atoms with Gasteiger partial charge >= 0.3 is 0 Å². The van der Waals surface area contributed by atoms with Crippen LogP contribution in [-0.2, 0) is 0 Å². The Morgan fingerprint density at radius 2 is 1.81 bits per heavy atom. The van der Waals surface area contributed by atoms with Gasteiger partial charge in [0.15, 0.2) is 5.78 Å². The van der Waals surface area contributed by atoms with Crippen molar-refractivity contribution in [1.82, 2.24) is 0 Å². The first-order valence-corrected chi connectivity index (χ1v) is 6.30. The number of hydrogen-bond donors (Lipinski definition) is 0. The van der Waals surface area contributed by atoms with Crippen LogP contribution in [0.4, 0.5) is 0 Å². The molecular formula is C15H20O. The molecule has 1 fully saturated rings. The molecular weight excluding hydrogens is 196 g/mol. The molecule has 0 bridgehead atoms. The lowest BCUT2D eigenvalue weighted by atomic mass is 9.82. The Kier molecular flexibility index (Phi) is 3.42. The topological polar surface area (TPSA) is 17.1 Å². The summed E-state index contributed by atoms with van der Waals surface area (Å²) in [6, 6.07) is 6.19. The second kappa shape index (κ2) is 4.82. The highest BCUT2D eigenvalue weighted by Gasteiger charge is 2.23. The van der Waals surface area contributed by atoms with Gasteiger partial charge in [0.05, 0.1) is 0 Å². The van der Waals surface area contributed by atoms with Crippen molar-refractivity contribution in [2.24, 2.45) is 5.92 Å². The van der Waals surface area contributed by atoms with E-state index >= 15 is 0 Å². The van der Waals surface area contributed by atoms with Gasteiger partial charge < -0.3 is 0 Å². The highest BCUT2D eigenvalue weighted by atomic mass is 16.1. The van der Waals surface area contributed by atoms with Gasteiger partial charge in [0.1, 0.15) is 0 Å². The number of ketones is 1. The lowest BCUT2D eigenvalue weighted by Crippen LogP contribution is -2.18. The standard InChI is InChI=1S/C15H20O/c1-11-8-9-12(2)14(10-11)15(16)13-6-4-3-5-7-13/h8-10,13H,3-7H2,1-2H3. The largest absolute Gasteiger partial charge is 0.294 e. The number of benzene rings is 1. The molecule has 16 heavy (non-hydrogen) atoms. The SMILES string of the molecule is Cc1ccc(C)c(C(=O)C2CCCCC2)c1. The zero-order valence-electron chi connectivity index (χ0n) is 10.3. The summed E-state index contributed by atoms with van der Waals surface area (Å²) >= 11 is 0. The average Bonchev–Trinajstić information content (AvgIpc) is 2.32. The van der Waals surface area contributed by atoms with Crippen LogP contribution in [0.5, 0.6) is 0 Å². The Morgan fingerprint density at radius 3 is 2.50 bits per heavy atom. The molecule has 1 aliphatic carbocycles. The first-order valence-electron chi connectivity index (χ1n) is 6.30. The molecule has 0 N–H and O–H groups in total. The molecule has 0 heterocycles. The summed E-state index contributed by atoms with van der Waals surface area (Å²) in [5.74, 6) is 0.662. The number of rotatable bonds is 2. The Labute approximate surface area is 97.9 Å². The molecule has 1 aliphatic rings. The summed E-state index contributed by atoms with van der Waals surface area (Å²) < 4.78 is 0. The molecule has 0 atom stereocenters. The fourth-order valence-electron chi connectivity index (χ4n) is 2.59. The van der Waals surface area contributed by atoms with Gasteiger partial charge in [-0.2, -0.15) is 0 Å². The van der Waals surface area contributed by atoms with Crippen molar-refractivity contribution < 1.29 is 4.79 Å². The van der Waals surface area contributed by atoms with Crippen molar-refractivity contribution in [2.75, 3.05) is 0 Å². The Morgan fingerprint density at radius 1 is 1.12 bits per heavy atom. The second-order valence-corrected chi connectivity index (χ2v) is 5.02. The summed E-state index contributed by atoms with van der Waals surface area (Å²) in [4.78, 5) is 12.4. The summed E-state index contributed by atoms with van der Waals surface area (Å²) in [7, 11) is 0. The van der Waals surface area contributed by atoms with Gasteiger partial charge in [-0.15, -0.1) is 0 Å². The minimum Gasteiger partial charge on any atom is -0.294 e. The first kappa shape index (κ1) is 11.4. The van der Waals surface area contributed by atoms with E-state index in [0.717, 1.165) is 24.0 Å². The van der Waals surface area contributed by atoms with Gasteiger partial charge in [0.2, 0.25) is 0 Å². The van der Waals surface area contributed by atoms with Crippen LogP contribution in [0.1, 0.15) is 53.6 Å². The number of carbonyl (C=O) groups excluding carboxylic acids is 1. The van der Waals surface area contributed by atoms with Gasteiger partial charge in [-0.3, -0.25) is 4.79 Å². The lowest BCUT2D eigenvalue weighted by Gasteiger charge is -2.21. The Balaban J connectivity index is 2.22. The monoisotopic (exact) mass is 216 g/mol. The number of carbonyl (C=O) groups is 1. The Bertz CT molecular complexity index is 386. The fraction of sp³-hybridized carbons (Fsp3) is 0.533. The third-order valence-corrected chi connectivity index (χ3v) is 3.63. The molecule has 0 unspecified atom stereocenters. The predicted octanol–water partition coefficient (Wildman–Crippen LogP) is 4.07. The molecule has 0 spiro atoms. The highest BCUT2D eigenvalue weighted by Crippen LogP contribution is 2.28. The van der Waals surface area contributed by atoms with Gasteiger partial charge in [-0.1, -0.05) is 37.0 Å². The Hall–Kier alpha value is -1.11. The van der Waals surface area contributed by atoms with Crippen LogP contribution in [0.25, 0.3) is 0 Å². The van der Waals surface area contributed by atoms with Crippen LogP contribution >= 0.6 is 0 Å². The zero-order chi connectivity index (χ0) is 11.5. The van der Waals surface area contributed by atoms with Gasteiger partial charge in [-0.25, -0.2) is 0 Å². The summed E-state index contributed by atoms with van der Waals surface area (Å²) in [5, 5.41) is 0. The van der Waals surface area contributed by atoms with Crippen molar-refractivity contribution in [3.8, 4) is 0 Å². The van der Waals surface area contributed by atoms with Gasteiger partial charge in [-0.05, 0) is 38.3 Å². The van der Waals surface area contributed by atoms with Crippen molar-refractivity contribution in [3.05, 3.63) is 34.9 Å². The third-order valence-electron chi connectivity index (χ3n) is 3.63. The van der Waals surface area contributed by atoms with E-state index in [1.165, 1.54) is 24.8 Å². The average molecular weight is 216 g/mol. The predicted molar refractivity (Wildman–Crippen MR) is 66.8 cm³/mol. The van der Waals surface area contributed by atoms with Crippen LogP contribution in [0, 0.1) is 19.8 Å². The van der Waals surface area contributed by atoms with E-state index in [2.05, 4.69) is 19.1 Å². The quantitative estimate of drug-likeness (QED) is 0.681. The van der Waals surface area contributed by atoms with Crippen molar-refractivity contribution in [1.29, 1.82) is 0 Å². The van der Waals surface area contributed by atoms with Crippen LogP contribution in [-0.4, -0.2) is 5.78 Å². The van der Waals surface area contributed by atoms with Crippen molar-refractivity contribution >= 4 is 5.78 Å². The third kappa shape index (κ3) is 2.34. The first-order chi connectivity index (χ1) is 7.68. The van der Waals surface area contributed by atoms with Crippen molar-refractivity contribution in [2.45, 2.75) is 46.0 Å². The highest BCUT2D eigenvalue weighted by molar-refractivity contribution is 5.99. The van der Waals surface area contributed by atoms with Crippen LogP contribution < -0.4 is 0 Å². The molecule has 1 heteroatoms. The fourth-order valence-corrected chi connectivity index (χ4v) is 2.59. The zero-order valence-corrected chi connectivity index (χ0v) is 10.3. The van der Waals surface area contributed by atoms with Gasteiger partial charge in [0, 0.05) is 11.5 Å². The summed E-state index contributed by atoms with van der Waals surface area (Å²) in [6.07, 6.45) is 5.93. The molecule has 0 radical (unpaired) electrons. The molecule has 1 aromatic carbocycles. The molecule has 0 amide bonds. The second-order valence-electron chi connectivity index (χ2n) is 5.02. The maximum atomic E-state index is 12.4. The van der Waals surface area contributed by atoms with E-state index in [0.29, 0.717) is 5.78 Å². The number of Topliss-reactive ketones (excluding diaryl/α,β-unsaturated/α-hetero) is 1. The normalized spacial score (nSPS) is 17.4. The molecule has 2 rings (SSSR count). The minimum absolute atomic E-state index is 0.286. The van der Waals surface area contributed by atoms with Crippen LogP contribution in [0.2, 0.25) is 0 Å². The van der Waals surface area contributed by atoms with E-state index < -0.39 is 0 Å². The van der Waals surface area contributed by atoms with E-state index in [4.69, 9.17) is 0 Å². The lowest BCUT2D eigenvalue weighted by molar-refractivity contribution is 0.0889. The molecule has 86 valence electrons. The van der Waals surface area contributed by atoms with Crippen LogP contribution in [0.3, 0.4) is 0 Å². The summed E-state index contributed by atoms with van der Waals surface area (Å²) in [5.41, 5.74) is 3.26. The molecule has 0 saturated heterocycles. The maximum absolute atomic E-state index is 12.4. The van der Waals surface area contributed by atoms with E-state index in [-0.39, 0.29) is 5.92 Å². The maximum Gasteiger partial charge on any atom is 0.166 e. The smallest absolute Gasteiger partial charge is 0.166 e. The molecule has 0 aliphatic heterocycles. The van der Waals surface area contributed by atoms with E-state index in [1.54, 1.807) is 0 Å². The molecule has 1 nitrogen and oxygen atoms in total. The summed E-state index contributed by atoms with van der Waals surface area (Å²) in [6.45, 7) is 4.09. The molecule has 1 saturated carbocycles. The van der Waals surface area contributed by atoms with Gasteiger partial charge in [0.25, 0.3) is 0 Å². The van der Waals surface area contributed by atoms with E-state index in [1.807, 2.05) is 13.0 Å². The van der Waals surface area contributed by atoms with E-state index in [9.17, 15) is 4.79 Å².